The minimum atomic E-state index is -1.07. The summed E-state index contributed by atoms with van der Waals surface area (Å²) in [5, 5.41) is 0. The standard InChI is InChI=1S/C23H28O4/c1-21(2,3)23(6,27-20(25)18-15-11-8-12-16-18)22(4,5)26-19(24)17-13-9-7-10-14-17/h7-16H,1-6H3. The molecule has 0 saturated heterocycles. The highest BCUT2D eigenvalue weighted by Gasteiger charge is 2.55. The first-order valence-electron chi connectivity index (χ1n) is 9.05. The van der Waals surface area contributed by atoms with Gasteiger partial charge in [0.25, 0.3) is 0 Å². The summed E-state index contributed by atoms with van der Waals surface area (Å²) in [6.07, 6.45) is 0. The second kappa shape index (κ2) is 7.55. The van der Waals surface area contributed by atoms with Gasteiger partial charge in [-0.15, -0.1) is 0 Å². The lowest BCUT2D eigenvalue weighted by Gasteiger charge is -2.50. The fourth-order valence-electron chi connectivity index (χ4n) is 2.96. The van der Waals surface area contributed by atoms with Crippen molar-refractivity contribution in [3.8, 4) is 0 Å². The van der Waals surface area contributed by atoms with E-state index in [1.54, 1.807) is 62.4 Å². The van der Waals surface area contributed by atoms with Crippen molar-refractivity contribution in [3.63, 3.8) is 0 Å². The van der Waals surface area contributed by atoms with E-state index in [2.05, 4.69) is 0 Å². The van der Waals surface area contributed by atoms with E-state index in [0.717, 1.165) is 0 Å². The quantitative estimate of drug-likeness (QED) is 0.674. The molecule has 2 aromatic rings. The molecule has 0 fully saturated rings. The van der Waals surface area contributed by atoms with Crippen LogP contribution in [0.2, 0.25) is 0 Å². The molecular weight excluding hydrogens is 340 g/mol. The lowest BCUT2D eigenvalue weighted by atomic mass is 9.68. The van der Waals surface area contributed by atoms with E-state index in [-0.39, 0.29) is 0 Å². The van der Waals surface area contributed by atoms with Crippen molar-refractivity contribution in [1.82, 2.24) is 0 Å². The van der Waals surface area contributed by atoms with Gasteiger partial charge in [0.2, 0.25) is 0 Å². The number of benzene rings is 2. The third-order valence-corrected chi connectivity index (χ3v) is 5.24. The molecule has 1 unspecified atom stereocenters. The zero-order valence-corrected chi connectivity index (χ0v) is 16.9. The topological polar surface area (TPSA) is 52.6 Å². The average Bonchev–Trinajstić information content (AvgIpc) is 2.61. The summed E-state index contributed by atoms with van der Waals surface area (Å²) in [5.74, 6) is -0.899. The fourth-order valence-corrected chi connectivity index (χ4v) is 2.96. The number of hydrogen-bond acceptors (Lipinski definition) is 4. The van der Waals surface area contributed by atoms with E-state index in [1.807, 2.05) is 39.8 Å². The van der Waals surface area contributed by atoms with E-state index < -0.39 is 28.6 Å². The number of carbonyl (C=O) groups is 2. The Balaban J connectivity index is 2.33. The number of esters is 2. The maximum atomic E-state index is 12.7. The highest BCUT2D eigenvalue weighted by atomic mass is 16.6. The van der Waals surface area contributed by atoms with E-state index >= 15 is 0 Å². The van der Waals surface area contributed by atoms with Gasteiger partial charge in [0.1, 0.15) is 5.60 Å². The molecule has 0 bridgehead atoms. The first-order chi connectivity index (χ1) is 12.5. The van der Waals surface area contributed by atoms with E-state index in [9.17, 15) is 9.59 Å². The molecule has 0 aliphatic heterocycles. The largest absolute Gasteiger partial charge is 0.452 e. The molecule has 0 aliphatic rings. The van der Waals surface area contributed by atoms with Gasteiger partial charge in [0.15, 0.2) is 5.60 Å². The Morgan fingerprint density at radius 3 is 1.37 bits per heavy atom. The SMILES string of the molecule is CC(C)(C)C(C)(OC(=O)c1ccccc1)C(C)(C)OC(=O)c1ccccc1. The Bertz CT molecular complexity index is 788. The van der Waals surface area contributed by atoms with E-state index in [4.69, 9.17) is 9.47 Å². The smallest absolute Gasteiger partial charge is 0.338 e. The molecule has 4 heteroatoms. The Morgan fingerprint density at radius 1 is 0.630 bits per heavy atom. The van der Waals surface area contributed by atoms with Crippen LogP contribution in [0.25, 0.3) is 0 Å². The van der Waals surface area contributed by atoms with Crippen molar-refractivity contribution in [3.05, 3.63) is 71.8 Å². The monoisotopic (exact) mass is 368 g/mol. The van der Waals surface area contributed by atoms with Gasteiger partial charge < -0.3 is 9.47 Å². The minimum Gasteiger partial charge on any atom is -0.452 e. The zero-order chi connectivity index (χ0) is 20.3. The molecular formula is C23H28O4. The van der Waals surface area contributed by atoms with Gasteiger partial charge in [0.05, 0.1) is 11.1 Å². The number of rotatable bonds is 5. The van der Waals surface area contributed by atoms with Crippen LogP contribution in [0.5, 0.6) is 0 Å². The zero-order valence-electron chi connectivity index (χ0n) is 16.9. The van der Waals surface area contributed by atoms with Gasteiger partial charge in [-0.25, -0.2) is 9.59 Å². The van der Waals surface area contributed by atoms with Gasteiger partial charge in [-0.1, -0.05) is 57.2 Å². The van der Waals surface area contributed by atoms with Crippen LogP contribution < -0.4 is 0 Å². The Kier molecular flexibility index (Phi) is 5.79. The molecule has 27 heavy (non-hydrogen) atoms. The van der Waals surface area contributed by atoms with Crippen LogP contribution in [0.4, 0.5) is 0 Å². The predicted molar refractivity (Wildman–Crippen MR) is 106 cm³/mol. The molecule has 0 amide bonds. The molecule has 1 atom stereocenters. The van der Waals surface area contributed by atoms with Crippen LogP contribution in [-0.2, 0) is 9.47 Å². The number of ether oxygens (including phenoxy) is 2. The predicted octanol–water partition coefficient (Wildman–Crippen LogP) is 5.28. The van der Waals surface area contributed by atoms with Crippen LogP contribution in [0.3, 0.4) is 0 Å². The maximum absolute atomic E-state index is 12.7. The van der Waals surface area contributed by atoms with Gasteiger partial charge in [-0.2, -0.15) is 0 Å². The summed E-state index contributed by atoms with van der Waals surface area (Å²) in [6, 6.07) is 17.6. The molecule has 0 aromatic heterocycles. The average molecular weight is 368 g/mol. The summed E-state index contributed by atoms with van der Waals surface area (Å²) in [6.45, 7) is 11.2. The molecule has 2 rings (SSSR count). The highest BCUT2D eigenvalue weighted by molar-refractivity contribution is 5.90. The normalized spacial score (nSPS) is 14.1. The van der Waals surface area contributed by atoms with Crippen LogP contribution >= 0.6 is 0 Å². The second-order valence-corrected chi connectivity index (χ2v) is 8.30. The third-order valence-electron chi connectivity index (χ3n) is 5.24. The molecule has 0 heterocycles. The highest BCUT2D eigenvalue weighted by Crippen LogP contribution is 2.44. The minimum absolute atomic E-state index is 0.447. The summed E-state index contributed by atoms with van der Waals surface area (Å²) in [7, 11) is 0. The summed E-state index contributed by atoms with van der Waals surface area (Å²) in [4.78, 5) is 25.4. The molecule has 0 aliphatic carbocycles. The van der Waals surface area contributed by atoms with Crippen molar-refractivity contribution in [2.75, 3.05) is 0 Å². The van der Waals surface area contributed by atoms with Crippen molar-refractivity contribution >= 4 is 11.9 Å². The molecule has 2 aromatic carbocycles. The van der Waals surface area contributed by atoms with Crippen LogP contribution in [0, 0.1) is 5.41 Å². The molecule has 0 radical (unpaired) electrons. The number of carbonyl (C=O) groups excluding carboxylic acids is 2. The lowest BCUT2D eigenvalue weighted by molar-refractivity contribution is -0.180. The number of hydrogen-bond donors (Lipinski definition) is 0. The third kappa shape index (κ3) is 4.38. The van der Waals surface area contributed by atoms with Crippen molar-refractivity contribution in [2.45, 2.75) is 52.7 Å². The Hall–Kier alpha value is -2.62. The first kappa shape index (κ1) is 20.7. The first-order valence-corrected chi connectivity index (χ1v) is 9.05. The van der Waals surface area contributed by atoms with Crippen LogP contribution in [-0.4, -0.2) is 23.1 Å². The Morgan fingerprint density at radius 2 is 1.00 bits per heavy atom. The van der Waals surface area contributed by atoms with E-state index in [0.29, 0.717) is 11.1 Å². The van der Waals surface area contributed by atoms with Gasteiger partial charge >= 0.3 is 11.9 Å². The van der Waals surface area contributed by atoms with Crippen molar-refractivity contribution < 1.29 is 19.1 Å². The van der Waals surface area contributed by atoms with Crippen LogP contribution in [0.1, 0.15) is 62.3 Å². The van der Waals surface area contributed by atoms with E-state index in [1.165, 1.54) is 0 Å². The maximum Gasteiger partial charge on any atom is 0.338 e. The summed E-state index contributed by atoms with van der Waals surface area (Å²) in [5.41, 5.74) is -1.72. The van der Waals surface area contributed by atoms with Crippen molar-refractivity contribution in [1.29, 1.82) is 0 Å². The van der Waals surface area contributed by atoms with Gasteiger partial charge in [-0.3, -0.25) is 0 Å². The van der Waals surface area contributed by atoms with Crippen molar-refractivity contribution in [2.24, 2.45) is 5.41 Å². The molecule has 0 N–H and O–H groups in total. The molecule has 4 nitrogen and oxygen atoms in total. The Labute approximate surface area is 161 Å². The van der Waals surface area contributed by atoms with Crippen LogP contribution in [0.15, 0.2) is 60.7 Å². The van der Waals surface area contributed by atoms with Gasteiger partial charge in [0, 0.05) is 5.41 Å². The summed E-state index contributed by atoms with van der Waals surface area (Å²) < 4.78 is 11.8. The lowest BCUT2D eigenvalue weighted by Crippen LogP contribution is -2.60. The second-order valence-electron chi connectivity index (χ2n) is 8.30. The van der Waals surface area contributed by atoms with Gasteiger partial charge in [-0.05, 0) is 45.0 Å². The fraction of sp³-hybridized carbons (Fsp3) is 0.391. The molecule has 0 spiro atoms. The molecule has 144 valence electrons. The molecule has 0 saturated carbocycles. The summed E-state index contributed by atoms with van der Waals surface area (Å²) >= 11 is 0.